The molecule has 0 bridgehead atoms. The van der Waals surface area contributed by atoms with Crippen LogP contribution in [0, 0.1) is 0 Å². The van der Waals surface area contributed by atoms with Crippen molar-refractivity contribution in [1.29, 1.82) is 0 Å². The van der Waals surface area contributed by atoms with E-state index in [1.807, 2.05) is 0 Å². The molecular weight excluding hydrogens is 314 g/mol. The Bertz CT molecular complexity index is 732. The molecule has 0 saturated carbocycles. The Balaban J connectivity index is 2.40. The highest BCUT2D eigenvalue weighted by atomic mass is 35.5. The summed E-state index contributed by atoms with van der Waals surface area (Å²) in [5, 5.41) is 0.215. The van der Waals surface area contributed by atoms with Crippen molar-refractivity contribution < 1.29 is 17.9 Å². The van der Waals surface area contributed by atoms with E-state index in [-0.39, 0.29) is 15.6 Å². The van der Waals surface area contributed by atoms with Crippen molar-refractivity contribution in [1.82, 2.24) is 0 Å². The van der Waals surface area contributed by atoms with Gasteiger partial charge in [-0.05, 0) is 12.1 Å². The summed E-state index contributed by atoms with van der Waals surface area (Å²) in [7, 11) is -0.777. The number of anilines is 1. The lowest BCUT2D eigenvalue weighted by atomic mass is 10.3. The van der Waals surface area contributed by atoms with Crippen molar-refractivity contribution in [2.24, 2.45) is 0 Å². The first kappa shape index (κ1) is 15.5. The molecule has 0 aliphatic carbocycles. The topological polar surface area (TPSA) is 64.6 Å². The summed E-state index contributed by atoms with van der Waals surface area (Å²) in [6.07, 6.45) is 0. The minimum atomic E-state index is -3.71. The fraction of sp³-hybridized carbons (Fsp3) is 0.143. The predicted octanol–water partition coefficient (Wildman–Crippen LogP) is 3.16. The number of methoxy groups -OCH3 is 2. The van der Waals surface area contributed by atoms with Crippen molar-refractivity contribution in [3.05, 3.63) is 47.5 Å². The minimum Gasteiger partial charge on any atom is -0.493 e. The van der Waals surface area contributed by atoms with Gasteiger partial charge in [0.15, 0.2) is 11.5 Å². The van der Waals surface area contributed by atoms with Gasteiger partial charge in [0, 0.05) is 12.1 Å². The first-order valence-electron chi connectivity index (χ1n) is 5.97. The molecule has 0 radical (unpaired) electrons. The van der Waals surface area contributed by atoms with E-state index in [2.05, 4.69) is 4.72 Å². The van der Waals surface area contributed by atoms with Gasteiger partial charge in [-0.25, -0.2) is 8.42 Å². The van der Waals surface area contributed by atoms with Crippen LogP contribution in [-0.2, 0) is 10.0 Å². The second-order valence-electron chi connectivity index (χ2n) is 4.11. The Morgan fingerprint density at radius 2 is 1.57 bits per heavy atom. The van der Waals surface area contributed by atoms with Gasteiger partial charge in [0.2, 0.25) is 0 Å². The molecule has 2 aromatic carbocycles. The maximum atomic E-state index is 12.3. The van der Waals surface area contributed by atoms with Crippen molar-refractivity contribution in [2.75, 3.05) is 18.9 Å². The molecule has 0 heterocycles. The number of sulfonamides is 1. The smallest absolute Gasteiger partial charge is 0.261 e. The lowest BCUT2D eigenvalue weighted by molar-refractivity contribution is 0.355. The van der Waals surface area contributed by atoms with E-state index in [9.17, 15) is 8.42 Å². The summed E-state index contributed by atoms with van der Waals surface area (Å²) >= 11 is 6.07. The van der Waals surface area contributed by atoms with Gasteiger partial charge < -0.3 is 9.47 Å². The summed E-state index contributed by atoms with van der Waals surface area (Å²) < 4.78 is 37.2. The molecule has 0 amide bonds. The highest BCUT2D eigenvalue weighted by Crippen LogP contribution is 2.36. The van der Waals surface area contributed by atoms with Gasteiger partial charge in [0.1, 0.15) is 0 Å². The van der Waals surface area contributed by atoms with Gasteiger partial charge >= 0.3 is 0 Å². The third-order valence-corrected chi connectivity index (χ3v) is 4.47. The molecule has 21 heavy (non-hydrogen) atoms. The second kappa shape index (κ2) is 6.24. The van der Waals surface area contributed by atoms with Gasteiger partial charge in [-0.2, -0.15) is 0 Å². The SMILES string of the molecule is COc1cc(Cl)c(NS(=O)(=O)c2ccccc2)cc1OC. The maximum absolute atomic E-state index is 12.3. The van der Waals surface area contributed by atoms with Crippen LogP contribution in [0.25, 0.3) is 0 Å². The first-order chi connectivity index (χ1) is 9.97. The molecule has 0 aliphatic heterocycles. The monoisotopic (exact) mass is 327 g/mol. The van der Waals surface area contributed by atoms with Crippen LogP contribution in [0.15, 0.2) is 47.4 Å². The van der Waals surface area contributed by atoms with Gasteiger partial charge in [-0.3, -0.25) is 4.72 Å². The molecule has 1 N–H and O–H groups in total. The molecule has 0 aliphatic rings. The van der Waals surface area contributed by atoms with Crippen molar-refractivity contribution in [3.63, 3.8) is 0 Å². The fourth-order valence-corrected chi connectivity index (χ4v) is 3.08. The minimum absolute atomic E-state index is 0.149. The molecule has 0 unspecified atom stereocenters. The summed E-state index contributed by atoms with van der Waals surface area (Å²) in [5.41, 5.74) is 0.221. The lowest BCUT2D eigenvalue weighted by Gasteiger charge is -2.13. The summed E-state index contributed by atoms with van der Waals surface area (Å²) in [4.78, 5) is 0.149. The van der Waals surface area contributed by atoms with Gasteiger partial charge in [0.25, 0.3) is 10.0 Å². The Hall–Kier alpha value is -1.92. The van der Waals surface area contributed by atoms with E-state index in [0.717, 1.165) is 0 Å². The molecule has 0 aromatic heterocycles. The molecule has 112 valence electrons. The number of halogens is 1. The largest absolute Gasteiger partial charge is 0.493 e. The summed E-state index contributed by atoms with van der Waals surface area (Å²) in [6.45, 7) is 0. The van der Waals surface area contributed by atoms with E-state index in [1.54, 1.807) is 18.2 Å². The zero-order valence-corrected chi connectivity index (χ0v) is 13.0. The maximum Gasteiger partial charge on any atom is 0.261 e. The van der Waals surface area contributed by atoms with Crippen LogP contribution in [0.5, 0.6) is 11.5 Å². The quantitative estimate of drug-likeness (QED) is 0.916. The molecular formula is C14H14ClNO4S. The van der Waals surface area contributed by atoms with Gasteiger partial charge in [-0.15, -0.1) is 0 Å². The number of nitrogens with one attached hydrogen (secondary N) is 1. The Kier molecular flexibility index (Phi) is 4.59. The molecule has 0 fully saturated rings. The van der Waals surface area contributed by atoms with Crippen LogP contribution in [0.3, 0.4) is 0 Å². The van der Waals surface area contributed by atoms with Crippen LogP contribution >= 0.6 is 11.6 Å². The molecule has 0 spiro atoms. The molecule has 2 aromatic rings. The van der Waals surface area contributed by atoms with E-state index in [1.165, 1.54) is 38.5 Å². The Labute approximate surface area is 128 Å². The van der Waals surface area contributed by atoms with Gasteiger partial charge in [-0.1, -0.05) is 29.8 Å². The first-order valence-corrected chi connectivity index (χ1v) is 7.83. The van der Waals surface area contributed by atoms with E-state index < -0.39 is 10.0 Å². The number of ether oxygens (including phenoxy) is 2. The average Bonchev–Trinajstić information content (AvgIpc) is 2.49. The third-order valence-electron chi connectivity index (χ3n) is 2.77. The van der Waals surface area contributed by atoms with E-state index in [4.69, 9.17) is 21.1 Å². The molecule has 5 nitrogen and oxygen atoms in total. The van der Waals surface area contributed by atoms with Crippen LogP contribution in [-0.4, -0.2) is 22.6 Å². The summed E-state index contributed by atoms with van der Waals surface area (Å²) in [6, 6.07) is 11.0. The Morgan fingerprint density at radius 3 is 2.14 bits per heavy atom. The zero-order valence-electron chi connectivity index (χ0n) is 11.5. The van der Waals surface area contributed by atoms with E-state index in [0.29, 0.717) is 11.5 Å². The molecule has 0 saturated heterocycles. The van der Waals surface area contributed by atoms with Crippen LogP contribution in [0.1, 0.15) is 0 Å². The van der Waals surface area contributed by atoms with Gasteiger partial charge in [0.05, 0.1) is 29.8 Å². The molecule has 0 atom stereocenters. The summed E-state index contributed by atoms with van der Waals surface area (Å²) in [5.74, 6) is 0.804. The number of rotatable bonds is 5. The standard InChI is InChI=1S/C14H14ClNO4S/c1-19-13-8-11(15)12(9-14(13)20-2)16-21(17,18)10-6-4-3-5-7-10/h3-9,16H,1-2H3. The van der Waals surface area contributed by atoms with Crippen molar-refractivity contribution >= 4 is 27.3 Å². The average molecular weight is 328 g/mol. The third kappa shape index (κ3) is 3.40. The number of benzene rings is 2. The molecule has 7 heteroatoms. The van der Waals surface area contributed by atoms with Crippen LogP contribution < -0.4 is 14.2 Å². The molecule has 2 rings (SSSR count). The van der Waals surface area contributed by atoms with Crippen LogP contribution in [0.4, 0.5) is 5.69 Å². The van der Waals surface area contributed by atoms with E-state index >= 15 is 0 Å². The van der Waals surface area contributed by atoms with Crippen molar-refractivity contribution in [2.45, 2.75) is 4.90 Å². The second-order valence-corrected chi connectivity index (χ2v) is 6.20. The number of hydrogen-bond acceptors (Lipinski definition) is 4. The highest BCUT2D eigenvalue weighted by Gasteiger charge is 2.17. The van der Waals surface area contributed by atoms with Crippen LogP contribution in [0.2, 0.25) is 5.02 Å². The number of hydrogen-bond donors (Lipinski definition) is 1. The fourth-order valence-electron chi connectivity index (χ4n) is 1.74. The van der Waals surface area contributed by atoms with Crippen molar-refractivity contribution in [3.8, 4) is 11.5 Å². The zero-order chi connectivity index (χ0) is 15.5. The highest BCUT2D eigenvalue weighted by molar-refractivity contribution is 7.92. The lowest BCUT2D eigenvalue weighted by Crippen LogP contribution is -2.13. The normalized spacial score (nSPS) is 11.0. The Morgan fingerprint density at radius 1 is 1.00 bits per heavy atom. The predicted molar refractivity (Wildman–Crippen MR) is 81.8 cm³/mol.